The second-order valence-corrected chi connectivity index (χ2v) is 6.96. The number of hydrogen-bond donors (Lipinski definition) is 0. The average Bonchev–Trinajstić information content (AvgIpc) is 2.14. The molecule has 0 aromatic heterocycles. The lowest BCUT2D eigenvalue weighted by molar-refractivity contribution is -0.931. The Morgan fingerprint density at radius 1 is 1.06 bits per heavy atom. The van der Waals surface area contributed by atoms with Gasteiger partial charge in [-0.25, -0.2) is 8.42 Å². The van der Waals surface area contributed by atoms with Crippen LogP contribution in [0.25, 0.3) is 0 Å². The van der Waals surface area contributed by atoms with E-state index in [1.807, 2.05) is 6.92 Å². The summed E-state index contributed by atoms with van der Waals surface area (Å²) in [7, 11) is 0.610. The molecule has 0 fully saturated rings. The van der Waals surface area contributed by atoms with Crippen molar-refractivity contribution in [1.29, 1.82) is 0 Å². The van der Waals surface area contributed by atoms with E-state index in [1.165, 1.54) is 0 Å². The standard InChI is InChI=1S/C8H20N.C4H10O3S/c1-7(2)9(5,6)8(3)4;1-2-3-4-8(5,6)7/h7-8H,1-6H3;2-4H2,1H3,(H,5,6,7)/q+1;/p-1. The van der Waals surface area contributed by atoms with Crippen LogP contribution in [0.1, 0.15) is 47.5 Å². The maximum absolute atomic E-state index is 9.83. The van der Waals surface area contributed by atoms with Gasteiger partial charge in [0.2, 0.25) is 0 Å². The van der Waals surface area contributed by atoms with Gasteiger partial charge in [0, 0.05) is 5.75 Å². The predicted octanol–water partition coefficient (Wildman–Crippen LogP) is 2.21. The van der Waals surface area contributed by atoms with Gasteiger partial charge in [0.15, 0.2) is 0 Å². The molecule has 0 aliphatic heterocycles. The van der Waals surface area contributed by atoms with E-state index in [4.69, 9.17) is 0 Å². The van der Waals surface area contributed by atoms with Gasteiger partial charge < -0.3 is 9.04 Å². The summed E-state index contributed by atoms with van der Waals surface area (Å²) in [5.41, 5.74) is 0. The minimum Gasteiger partial charge on any atom is -0.748 e. The molecule has 0 radical (unpaired) electrons. The van der Waals surface area contributed by atoms with E-state index >= 15 is 0 Å². The van der Waals surface area contributed by atoms with Gasteiger partial charge >= 0.3 is 0 Å². The lowest BCUT2D eigenvalue weighted by Crippen LogP contribution is -2.50. The predicted molar refractivity (Wildman–Crippen MR) is 71.9 cm³/mol. The van der Waals surface area contributed by atoms with Gasteiger partial charge in [-0.05, 0) is 34.1 Å². The highest BCUT2D eigenvalue weighted by Gasteiger charge is 2.22. The minimum absolute atomic E-state index is 0.219. The Balaban J connectivity index is 0. The molecule has 0 spiro atoms. The maximum Gasteiger partial charge on any atom is 0.0945 e. The Morgan fingerprint density at radius 3 is 1.47 bits per heavy atom. The SMILES string of the molecule is CC(C)[N+](C)(C)C(C)C.CCCCS(=O)(=O)[O-]. The molecule has 0 heterocycles. The van der Waals surface area contributed by atoms with E-state index in [1.54, 1.807) is 0 Å². The summed E-state index contributed by atoms with van der Waals surface area (Å²) in [6.45, 7) is 10.9. The molecule has 0 unspecified atom stereocenters. The van der Waals surface area contributed by atoms with Crippen molar-refractivity contribution < 1.29 is 17.5 Å². The number of nitrogens with zero attached hydrogens (tertiary/aromatic N) is 1. The quantitative estimate of drug-likeness (QED) is 0.567. The lowest BCUT2D eigenvalue weighted by atomic mass is 10.2. The van der Waals surface area contributed by atoms with E-state index in [-0.39, 0.29) is 5.75 Å². The fraction of sp³-hybridized carbons (Fsp3) is 1.00. The number of quaternary nitrogens is 1. The van der Waals surface area contributed by atoms with E-state index < -0.39 is 10.1 Å². The molecule has 0 aromatic rings. The monoisotopic (exact) mass is 267 g/mol. The van der Waals surface area contributed by atoms with Crippen molar-refractivity contribution in [2.45, 2.75) is 59.5 Å². The van der Waals surface area contributed by atoms with Crippen LogP contribution in [0.2, 0.25) is 0 Å². The molecular weight excluding hydrogens is 238 g/mol. The maximum atomic E-state index is 9.83. The van der Waals surface area contributed by atoms with Crippen molar-refractivity contribution in [3.8, 4) is 0 Å². The molecule has 0 atom stereocenters. The zero-order chi connectivity index (χ0) is 14.3. The number of unbranched alkanes of at least 4 members (excludes halogenated alkanes) is 1. The van der Waals surface area contributed by atoms with E-state index in [0.717, 1.165) is 23.0 Å². The van der Waals surface area contributed by atoms with Crippen molar-refractivity contribution in [3.05, 3.63) is 0 Å². The van der Waals surface area contributed by atoms with Crippen LogP contribution in [0.15, 0.2) is 0 Å². The fourth-order valence-electron chi connectivity index (χ4n) is 0.917. The van der Waals surface area contributed by atoms with Gasteiger partial charge in [-0.3, -0.25) is 0 Å². The summed E-state index contributed by atoms with van der Waals surface area (Å²) in [5.74, 6) is -0.219. The first kappa shape index (κ1) is 19.2. The zero-order valence-corrected chi connectivity index (χ0v) is 13.2. The molecule has 0 aliphatic rings. The van der Waals surface area contributed by atoms with Crippen LogP contribution in [-0.2, 0) is 10.1 Å². The summed E-state index contributed by atoms with van der Waals surface area (Å²) >= 11 is 0. The van der Waals surface area contributed by atoms with Crippen molar-refractivity contribution in [1.82, 2.24) is 0 Å². The highest BCUT2D eigenvalue weighted by molar-refractivity contribution is 7.85. The summed E-state index contributed by atoms with van der Waals surface area (Å²) in [4.78, 5) is 0. The van der Waals surface area contributed by atoms with Crippen molar-refractivity contribution >= 4 is 10.1 Å². The van der Waals surface area contributed by atoms with Crippen molar-refractivity contribution in [2.75, 3.05) is 19.8 Å². The zero-order valence-electron chi connectivity index (χ0n) is 12.4. The molecule has 0 aromatic carbocycles. The molecule has 4 nitrogen and oxygen atoms in total. The first-order valence-corrected chi connectivity index (χ1v) is 7.79. The van der Waals surface area contributed by atoms with E-state index in [2.05, 4.69) is 41.8 Å². The smallest absolute Gasteiger partial charge is 0.0945 e. The fourth-order valence-corrected chi connectivity index (χ4v) is 1.56. The lowest BCUT2D eigenvalue weighted by Gasteiger charge is -2.38. The molecule has 5 heteroatoms. The molecule has 0 bridgehead atoms. The third-order valence-electron chi connectivity index (χ3n) is 3.41. The third kappa shape index (κ3) is 10.7. The highest BCUT2D eigenvalue weighted by atomic mass is 32.2. The minimum atomic E-state index is -3.94. The van der Waals surface area contributed by atoms with E-state index in [0.29, 0.717) is 6.42 Å². The molecule has 0 amide bonds. The van der Waals surface area contributed by atoms with Crippen LogP contribution in [0.5, 0.6) is 0 Å². The largest absolute Gasteiger partial charge is 0.748 e. The Hall–Kier alpha value is -0.130. The van der Waals surface area contributed by atoms with Gasteiger partial charge in [0.25, 0.3) is 0 Å². The van der Waals surface area contributed by atoms with Crippen LogP contribution < -0.4 is 0 Å². The Morgan fingerprint density at radius 2 is 1.41 bits per heavy atom. The first-order chi connectivity index (χ1) is 7.45. The second-order valence-electron chi connectivity index (χ2n) is 5.43. The normalized spacial score (nSPS) is 12.6. The Bertz CT molecular complexity index is 272. The van der Waals surface area contributed by atoms with Crippen molar-refractivity contribution in [2.24, 2.45) is 0 Å². The molecule has 0 saturated carbocycles. The highest BCUT2D eigenvalue weighted by Crippen LogP contribution is 2.10. The molecule has 0 N–H and O–H groups in total. The van der Waals surface area contributed by atoms with Crippen LogP contribution >= 0.6 is 0 Å². The average molecular weight is 267 g/mol. The van der Waals surface area contributed by atoms with Crippen molar-refractivity contribution in [3.63, 3.8) is 0 Å². The Labute approximate surface area is 107 Å². The summed E-state index contributed by atoms with van der Waals surface area (Å²) < 4.78 is 30.6. The van der Waals surface area contributed by atoms with Gasteiger partial charge in [-0.15, -0.1) is 0 Å². The van der Waals surface area contributed by atoms with Crippen LogP contribution in [-0.4, -0.2) is 49.4 Å². The molecule has 0 aliphatic carbocycles. The first-order valence-electron chi connectivity index (χ1n) is 6.22. The molecular formula is C12H29NO3S. The van der Waals surface area contributed by atoms with Crippen LogP contribution in [0.4, 0.5) is 0 Å². The number of hydrogen-bond acceptors (Lipinski definition) is 3. The Kier molecular flexibility index (Phi) is 9.11. The molecule has 0 rings (SSSR count). The van der Waals surface area contributed by atoms with E-state index in [9.17, 15) is 13.0 Å². The summed E-state index contributed by atoms with van der Waals surface area (Å²) in [5, 5.41) is 0. The van der Waals surface area contributed by atoms with Gasteiger partial charge in [-0.2, -0.15) is 0 Å². The van der Waals surface area contributed by atoms with Gasteiger partial charge in [0.1, 0.15) is 0 Å². The van der Waals surface area contributed by atoms with Gasteiger partial charge in [-0.1, -0.05) is 13.3 Å². The topological polar surface area (TPSA) is 57.2 Å². The van der Waals surface area contributed by atoms with Crippen LogP contribution in [0.3, 0.4) is 0 Å². The molecule has 17 heavy (non-hydrogen) atoms. The summed E-state index contributed by atoms with van der Waals surface area (Å²) in [6, 6.07) is 1.45. The molecule has 106 valence electrons. The molecule has 0 saturated heterocycles. The third-order valence-corrected chi connectivity index (χ3v) is 4.20. The van der Waals surface area contributed by atoms with Gasteiger partial charge in [0.05, 0.1) is 36.3 Å². The second kappa shape index (κ2) is 8.06. The van der Waals surface area contributed by atoms with Crippen LogP contribution in [0, 0.1) is 0 Å². The summed E-state index contributed by atoms with van der Waals surface area (Å²) in [6.07, 6.45) is 1.23. The number of rotatable bonds is 5.